The zero-order valence-electron chi connectivity index (χ0n) is 9.38. The van der Waals surface area contributed by atoms with E-state index in [9.17, 15) is 19.5 Å². The van der Waals surface area contributed by atoms with Crippen LogP contribution in [0.1, 0.15) is 13.8 Å². The van der Waals surface area contributed by atoms with Gasteiger partial charge in [0.15, 0.2) is 0 Å². The van der Waals surface area contributed by atoms with Gasteiger partial charge in [0.1, 0.15) is 23.7 Å². The molecule has 0 aliphatic heterocycles. The summed E-state index contributed by atoms with van der Waals surface area (Å²) in [4.78, 5) is 32.3. The maximum atomic E-state index is 10.8. The van der Waals surface area contributed by atoms with Crippen molar-refractivity contribution < 1.29 is 29.0 Å². The van der Waals surface area contributed by atoms with Crippen molar-refractivity contribution >= 4 is 18.2 Å². The van der Waals surface area contributed by atoms with Crippen LogP contribution in [0.15, 0.2) is 23.7 Å². The zero-order chi connectivity index (χ0) is 13.0. The number of hydrogen-bond donors (Lipinski definition) is 1. The predicted molar refractivity (Wildman–Crippen MR) is 55.3 cm³/mol. The standard InChI is InChI=1S/C11H12O6/c1-6(13)16-8-3-10(15)9(5-12)11(4-8)17-7(2)14/h3-5,9-10,15H,1-2H3. The maximum Gasteiger partial charge on any atom is 0.308 e. The highest BCUT2D eigenvalue weighted by Crippen LogP contribution is 2.24. The zero-order valence-corrected chi connectivity index (χ0v) is 9.38. The third-order valence-electron chi connectivity index (χ3n) is 1.99. The number of aliphatic hydroxyl groups excluding tert-OH is 1. The van der Waals surface area contributed by atoms with Gasteiger partial charge >= 0.3 is 11.9 Å². The Morgan fingerprint density at radius 1 is 1.29 bits per heavy atom. The van der Waals surface area contributed by atoms with E-state index in [0.717, 1.165) is 0 Å². The Kier molecular flexibility index (Phi) is 4.17. The minimum absolute atomic E-state index is 0.0411. The molecule has 0 radical (unpaired) electrons. The first-order valence-corrected chi connectivity index (χ1v) is 4.87. The van der Waals surface area contributed by atoms with Gasteiger partial charge in [-0.1, -0.05) is 0 Å². The lowest BCUT2D eigenvalue weighted by Gasteiger charge is -2.22. The Labute approximate surface area is 97.5 Å². The van der Waals surface area contributed by atoms with Gasteiger partial charge in [-0.15, -0.1) is 0 Å². The first-order valence-electron chi connectivity index (χ1n) is 4.87. The van der Waals surface area contributed by atoms with Crippen molar-refractivity contribution in [2.24, 2.45) is 5.92 Å². The quantitative estimate of drug-likeness (QED) is 0.554. The van der Waals surface area contributed by atoms with Gasteiger partial charge in [-0.05, 0) is 6.08 Å². The third-order valence-corrected chi connectivity index (χ3v) is 1.99. The molecule has 17 heavy (non-hydrogen) atoms. The molecule has 2 unspecified atom stereocenters. The molecule has 0 saturated heterocycles. The lowest BCUT2D eigenvalue weighted by molar-refractivity contribution is -0.138. The van der Waals surface area contributed by atoms with Gasteiger partial charge in [0.05, 0.1) is 6.10 Å². The van der Waals surface area contributed by atoms with Gasteiger partial charge in [-0.3, -0.25) is 9.59 Å². The average molecular weight is 240 g/mol. The van der Waals surface area contributed by atoms with Crippen LogP contribution in [0.4, 0.5) is 0 Å². The van der Waals surface area contributed by atoms with Gasteiger partial charge in [-0.2, -0.15) is 0 Å². The van der Waals surface area contributed by atoms with Crippen LogP contribution in [0.25, 0.3) is 0 Å². The van der Waals surface area contributed by atoms with E-state index in [4.69, 9.17) is 9.47 Å². The largest absolute Gasteiger partial charge is 0.430 e. The molecule has 0 bridgehead atoms. The second-order valence-electron chi connectivity index (χ2n) is 3.46. The van der Waals surface area contributed by atoms with E-state index >= 15 is 0 Å². The van der Waals surface area contributed by atoms with Crippen molar-refractivity contribution in [2.75, 3.05) is 0 Å². The van der Waals surface area contributed by atoms with Crippen molar-refractivity contribution in [3.63, 3.8) is 0 Å². The van der Waals surface area contributed by atoms with E-state index in [1.54, 1.807) is 0 Å². The monoisotopic (exact) mass is 240 g/mol. The molecular weight excluding hydrogens is 228 g/mol. The topological polar surface area (TPSA) is 89.9 Å². The molecule has 1 aliphatic carbocycles. The normalized spacial score (nSPS) is 23.2. The summed E-state index contributed by atoms with van der Waals surface area (Å²) >= 11 is 0. The molecule has 0 heterocycles. The smallest absolute Gasteiger partial charge is 0.308 e. The Morgan fingerprint density at radius 3 is 2.35 bits per heavy atom. The molecule has 0 saturated carbocycles. The molecule has 1 aliphatic rings. The van der Waals surface area contributed by atoms with E-state index in [1.165, 1.54) is 26.0 Å². The molecule has 0 aromatic carbocycles. The maximum absolute atomic E-state index is 10.8. The summed E-state index contributed by atoms with van der Waals surface area (Å²) in [5.74, 6) is -2.18. The van der Waals surface area contributed by atoms with E-state index in [1.807, 2.05) is 0 Å². The summed E-state index contributed by atoms with van der Waals surface area (Å²) in [5, 5.41) is 9.60. The number of carbonyl (C=O) groups excluding carboxylic acids is 3. The molecule has 2 atom stereocenters. The lowest BCUT2D eigenvalue weighted by atomic mass is 9.96. The van der Waals surface area contributed by atoms with Gasteiger partial charge in [0.2, 0.25) is 0 Å². The van der Waals surface area contributed by atoms with E-state index in [0.29, 0.717) is 6.29 Å². The minimum atomic E-state index is -1.19. The van der Waals surface area contributed by atoms with E-state index in [-0.39, 0.29) is 11.5 Å². The summed E-state index contributed by atoms with van der Waals surface area (Å²) < 4.78 is 9.52. The number of carbonyl (C=O) groups is 3. The Balaban J connectivity index is 2.97. The molecular formula is C11H12O6. The van der Waals surface area contributed by atoms with Crippen LogP contribution in [-0.4, -0.2) is 29.4 Å². The number of ether oxygens (including phenoxy) is 2. The van der Waals surface area contributed by atoms with Crippen molar-refractivity contribution in [3.05, 3.63) is 23.7 Å². The fraction of sp³-hybridized carbons (Fsp3) is 0.364. The van der Waals surface area contributed by atoms with Crippen molar-refractivity contribution in [1.82, 2.24) is 0 Å². The second kappa shape index (κ2) is 5.40. The summed E-state index contributed by atoms with van der Waals surface area (Å²) in [6.45, 7) is 2.36. The number of aliphatic hydroxyl groups is 1. The molecule has 1 rings (SSSR count). The van der Waals surface area contributed by atoms with Crippen molar-refractivity contribution in [2.45, 2.75) is 20.0 Å². The van der Waals surface area contributed by atoms with Crippen LogP contribution < -0.4 is 0 Å². The van der Waals surface area contributed by atoms with Gasteiger partial charge in [0.25, 0.3) is 0 Å². The fourth-order valence-electron chi connectivity index (χ4n) is 1.37. The lowest BCUT2D eigenvalue weighted by Crippen LogP contribution is -2.27. The minimum Gasteiger partial charge on any atom is -0.430 e. The Bertz CT molecular complexity index is 406. The number of aldehydes is 1. The summed E-state index contributed by atoms with van der Waals surface area (Å²) in [7, 11) is 0. The molecule has 0 spiro atoms. The van der Waals surface area contributed by atoms with Crippen LogP contribution in [0.3, 0.4) is 0 Å². The van der Waals surface area contributed by atoms with Crippen LogP contribution in [0, 0.1) is 5.92 Å². The van der Waals surface area contributed by atoms with Crippen LogP contribution >= 0.6 is 0 Å². The fourth-order valence-corrected chi connectivity index (χ4v) is 1.37. The highest BCUT2D eigenvalue weighted by molar-refractivity contribution is 5.71. The van der Waals surface area contributed by atoms with Crippen LogP contribution in [-0.2, 0) is 23.9 Å². The number of hydrogen-bond acceptors (Lipinski definition) is 6. The first kappa shape index (κ1) is 13.1. The summed E-state index contributed by atoms with van der Waals surface area (Å²) in [6, 6.07) is 0. The Hall–Kier alpha value is -1.95. The first-order chi connectivity index (χ1) is 7.93. The summed E-state index contributed by atoms with van der Waals surface area (Å²) in [6.07, 6.45) is 1.70. The van der Waals surface area contributed by atoms with Crippen LogP contribution in [0.2, 0.25) is 0 Å². The molecule has 0 aromatic rings. The highest BCUT2D eigenvalue weighted by atomic mass is 16.5. The van der Waals surface area contributed by atoms with Gasteiger partial charge < -0.3 is 19.4 Å². The number of allylic oxidation sites excluding steroid dienone is 1. The summed E-state index contributed by atoms with van der Waals surface area (Å²) in [5.41, 5.74) is 0. The molecule has 0 fully saturated rings. The molecule has 92 valence electrons. The predicted octanol–water partition coefficient (Wildman–Crippen LogP) is 0.0700. The van der Waals surface area contributed by atoms with Gasteiger partial charge in [0, 0.05) is 19.9 Å². The molecule has 0 aromatic heterocycles. The SMILES string of the molecule is CC(=O)OC1=CC(O)C(C=O)C(OC(C)=O)=C1. The molecule has 0 amide bonds. The van der Waals surface area contributed by atoms with E-state index < -0.39 is 24.0 Å². The Morgan fingerprint density at radius 2 is 1.88 bits per heavy atom. The molecule has 6 nitrogen and oxygen atoms in total. The average Bonchev–Trinajstić information content (AvgIpc) is 2.14. The number of rotatable bonds is 3. The third kappa shape index (κ3) is 3.53. The molecule has 6 heteroatoms. The highest BCUT2D eigenvalue weighted by Gasteiger charge is 2.29. The van der Waals surface area contributed by atoms with E-state index in [2.05, 4.69) is 0 Å². The van der Waals surface area contributed by atoms with Crippen molar-refractivity contribution in [1.29, 1.82) is 0 Å². The van der Waals surface area contributed by atoms with Crippen LogP contribution in [0.5, 0.6) is 0 Å². The van der Waals surface area contributed by atoms with Crippen molar-refractivity contribution in [3.8, 4) is 0 Å². The van der Waals surface area contributed by atoms with Gasteiger partial charge in [-0.25, -0.2) is 0 Å². The number of esters is 2. The molecule has 1 N–H and O–H groups in total. The second-order valence-corrected chi connectivity index (χ2v) is 3.46.